The zero-order valence-electron chi connectivity index (χ0n) is 8.80. The Morgan fingerprint density at radius 3 is 2.64 bits per heavy atom. The van der Waals surface area contributed by atoms with Crippen LogP contribution in [-0.4, -0.2) is 13.7 Å². The molecule has 0 aliphatic rings. The molecule has 1 unspecified atom stereocenters. The first-order valence-corrected chi connectivity index (χ1v) is 4.64. The Morgan fingerprint density at radius 2 is 2.14 bits per heavy atom. The number of hydrogen-bond donors (Lipinski definition) is 1. The van der Waals surface area contributed by atoms with Crippen molar-refractivity contribution in [3.05, 3.63) is 29.1 Å². The van der Waals surface area contributed by atoms with Crippen molar-refractivity contribution < 1.29 is 9.13 Å². The molecular formula is C11H16FNO. The van der Waals surface area contributed by atoms with E-state index in [-0.39, 0.29) is 11.7 Å². The Bertz CT molecular complexity index is 325. The lowest BCUT2D eigenvalue weighted by molar-refractivity contribution is 0.408. The highest BCUT2D eigenvalue weighted by Crippen LogP contribution is 2.29. The molecule has 1 aromatic carbocycles. The van der Waals surface area contributed by atoms with Gasteiger partial charge in [-0.25, -0.2) is 4.39 Å². The van der Waals surface area contributed by atoms with Gasteiger partial charge < -0.3 is 10.5 Å². The minimum absolute atomic E-state index is 0.0186. The smallest absolute Gasteiger partial charge is 0.127 e. The number of halogens is 1. The molecule has 3 heteroatoms. The predicted molar refractivity (Wildman–Crippen MR) is 55.2 cm³/mol. The SMILES string of the molecule is COc1ccc(F)c(C(C)CN)c1C. The Morgan fingerprint density at radius 1 is 1.50 bits per heavy atom. The van der Waals surface area contributed by atoms with Gasteiger partial charge in [0, 0.05) is 0 Å². The molecule has 14 heavy (non-hydrogen) atoms. The second-order valence-corrected chi connectivity index (χ2v) is 3.43. The van der Waals surface area contributed by atoms with E-state index in [4.69, 9.17) is 10.5 Å². The van der Waals surface area contributed by atoms with Crippen molar-refractivity contribution in [3.63, 3.8) is 0 Å². The van der Waals surface area contributed by atoms with Gasteiger partial charge in [-0.2, -0.15) is 0 Å². The number of methoxy groups -OCH3 is 1. The normalized spacial score (nSPS) is 12.6. The molecule has 0 spiro atoms. The van der Waals surface area contributed by atoms with Gasteiger partial charge in [-0.05, 0) is 42.6 Å². The Balaban J connectivity index is 3.25. The molecule has 0 amide bonds. The third-order valence-electron chi connectivity index (χ3n) is 2.48. The molecule has 0 bridgehead atoms. The second kappa shape index (κ2) is 4.42. The molecule has 0 heterocycles. The quantitative estimate of drug-likeness (QED) is 0.806. The number of benzene rings is 1. The van der Waals surface area contributed by atoms with Gasteiger partial charge in [-0.3, -0.25) is 0 Å². The Hall–Kier alpha value is -1.09. The highest BCUT2D eigenvalue weighted by atomic mass is 19.1. The van der Waals surface area contributed by atoms with Crippen LogP contribution in [0.3, 0.4) is 0 Å². The standard InChI is InChI=1S/C11H16FNO/c1-7(6-13)11-8(2)10(14-3)5-4-9(11)12/h4-5,7H,6,13H2,1-3H3. The van der Waals surface area contributed by atoms with Gasteiger partial charge in [-0.1, -0.05) is 6.92 Å². The van der Waals surface area contributed by atoms with E-state index in [1.165, 1.54) is 6.07 Å². The van der Waals surface area contributed by atoms with Crippen LogP contribution in [0.4, 0.5) is 4.39 Å². The minimum Gasteiger partial charge on any atom is -0.496 e. The number of hydrogen-bond acceptors (Lipinski definition) is 2. The predicted octanol–water partition coefficient (Wildman–Crippen LogP) is 2.20. The van der Waals surface area contributed by atoms with Gasteiger partial charge >= 0.3 is 0 Å². The number of nitrogens with two attached hydrogens (primary N) is 1. The third-order valence-corrected chi connectivity index (χ3v) is 2.48. The van der Waals surface area contributed by atoms with E-state index in [1.54, 1.807) is 13.2 Å². The lowest BCUT2D eigenvalue weighted by Crippen LogP contribution is -2.12. The zero-order chi connectivity index (χ0) is 10.7. The summed E-state index contributed by atoms with van der Waals surface area (Å²) in [5.74, 6) is 0.521. The van der Waals surface area contributed by atoms with Crippen molar-refractivity contribution in [2.45, 2.75) is 19.8 Å². The molecular weight excluding hydrogens is 181 g/mol. The molecule has 2 nitrogen and oxygen atoms in total. The van der Waals surface area contributed by atoms with E-state index in [0.29, 0.717) is 17.9 Å². The summed E-state index contributed by atoms with van der Waals surface area (Å²) in [6.07, 6.45) is 0. The van der Waals surface area contributed by atoms with Crippen molar-refractivity contribution in [1.82, 2.24) is 0 Å². The van der Waals surface area contributed by atoms with Gasteiger partial charge in [0.2, 0.25) is 0 Å². The fraction of sp³-hybridized carbons (Fsp3) is 0.455. The van der Waals surface area contributed by atoms with E-state index in [0.717, 1.165) is 5.56 Å². The van der Waals surface area contributed by atoms with Crippen molar-refractivity contribution in [1.29, 1.82) is 0 Å². The highest BCUT2D eigenvalue weighted by Gasteiger charge is 2.15. The van der Waals surface area contributed by atoms with Crippen molar-refractivity contribution in [2.24, 2.45) is 5.73 Å². The maximum absolute atomic E-state index is 13.5. The number of ether oxygens (including phenoxy) is 1. The van der Waals surface area contributed by atoms with Crippen molar-refractivity contribution in [3.8, 4) is 5.75 Å². The Labute approximate surface area is 83.9 Å². The first kappa shape index (κ1) is 11.0. The van der Waals surface area contributed by atoms with Crippen LogP contribution < -0.4 is 10.5 Å². The summed E-state index contributed by atoms with van der Waals surface area (Å²) in [4.78, 5) is 0. The summed E-state index contributed by atoms with van der Waals surface area (Å²) in [5, 5.41) is 0. The third kappa shape index (κ3) is 1.87. The molecule has 78 valence electrons. The summed E-state index contributed by atoms with van der Waals surface area (Å²) in [5.41, 5.74) is 7.02. The van der Waals surface area contributed by atoms with Crippen LogP contribution in [-0.2, 0) is 0 Å². The Kier molecular flexibility index (Phi) is 3.47. The molecule has 1 aromatic rings. The van der Waals surface area contributed by atoms with Crippen LogP contribution in [0.25, 0.3) is 0 Å². The molecule has 0 aromatic heterocycles. The van der Waals surface area contributed by atoms with Crippen LogP contribution in [0.2, 0.25) is 0 Å². The monoisotopic (exact) mass is 197 g/mol. The van der Waals surface area contributed by atoms with E-state index in [1.807, 2.05) is 13.8 Å². The van der Waals surface area contributed by atoms with Crippen LogP contribution in [0.5, 0.6) is 5.75 Å². The summed E-state index contributed by atoms with van der Waals surface area (Å²) in [7, 11) is 1.58. The summed E-state index contributed by atoms with van der Waals surface area (Å²) >= 11 is 0. The van der Waals surface area contributed by atoms with E-state index in [2.05, 4.69) is 0 Å². The number of rotatable bonds is 3. The van der Waals surface area contributed by atoms with Crippen LogP contribution in [0.15, 0.2) is 12.1 Å². The van der Waals surface area contributed by atoms with Gasteiger partial charge in [0.05, 0.1) is 7.11 Å². The van der Waals surface area contributed by atoms with E-state index >= 15 is 0 Å². The topological polar surface area (TPSA) is 35.2 Å². The van der Waals surface area contributed by atoms with Gasteiger partial charge in [0.25, 0.3) is 0 Å². The first-order valence-electron chi connectivity index (χ1n) is 4.64. The van der Waals surface area contributed by atoms with Crippen LogP contribution >= 0.6 is 0 Å². The molecule has 0 saturated heterocycles. The zero-order valence-corrected chi connectivity index (χ0v) is 8.80. The van der Waals surface area contributed by atoms with Crippen LogP contribution in [0.1, 0.15) is 24.0 Å². The highest BCUT2D eigenvalue weighted by molar-refractivity contribution is 5.41. The first-order chi connectivity index (χ1) is 6.61. The lowest BCUT2D eigenvalue weighted by atomic mass is 9.95. The van der Waals surface area contributed by atoms with Gasteiger partial charge in [0.15, 0.2) is 0 Å². The van der Waals surface area contributed by atoms with Gasteiger partial charge in [-0.15, -0.1) is 0 Å². The second-order valence-electron chi connectivity index (χ2n) is 3.43. The molecule has 0 aliphatic carbocycles. The molecule has 2 N–H and O–H groups in total. The summed E-state index contributed by atoms with van der Waals surface area (Å²) < 4.78 is 18.6. The average Bonchev–Trinajstić information content (AvgIpc) is 2.18. The molecule has 0 aliphatic heterocycles. The molecule has 0 fully saturated rings. The maximum atomic E-state index is 13.5. The molecule has 1 rings (SSSR count). The fourth-order valence-electron chi connectivity index (χ4n) is 1.62. The van der Waals surface area contributed by atoms with Gasteiger partial charge in [0.1, 0.15) is 11.6 Å². The molecule has 0 radical (unpaired) electrons. The maximum Gasteiger partial charge on any atom is 0.127 e. The lowest BCUT2D eigenvalue weighted by Gasteiger charge is -2.16. The largest absolute Gasteiger partial charge is 0.496 e. The average molecular weight is 197 g/mol. The van der Waals surface area contributed by atoms with Crippen molar-refractivity contribution >= 4 is 0 Å². The van der Waals surface area contributed by atoms with E-state index in [9.17, 15) is 4.39 Å². The van der Waals surface area contributed by atoms with E-state index < -0.39 is 0 Å². The summed E-state index contributed by atoms with van der Waals surface area (Å²) in [6.45, 7) is 4.19. The fourth-order valence-corrected chi connectivity index (χ4v) is 1.62. The van der Waals surface area contributed by atoms with Crippen LogP contribution in [0, 0.1) is 12.7 Å². The molecule has 0 saturated carbocycles. The minimum atomic E-state index is -0.207. The van der Waals surface area contributed by atoms with Crippen molar-refractivity contribution in [2.75, 3.05) is 13.7 Å². The summed E-state index contributed by atoms with van der Waals surface area (Å²) in [6, 6.07) is 3.06. The molecule has 1 atom stereocenters.